The minimum Gasteiger partial charge on any atom is -0.480 e. The molecule has 0 aliphatic rings. The highest BCUT2D eigenvalue weighted by Gasteiger charge is 2.20. The van der Waals surface area contributed by atoms with Crippen molar-refractivity contribution in [2.45, 2.75) is 33.2 Å². The van der Waals surface area contributed by atoms with E-state index in [1.165, 1.54) is 17.7 Å². The molecule has 0 aliphatic heterocycles. The molecule has 1 atom stereocenters. The Labute approximate surface area is 115 Å². The molecule has 0 bridgehead atoms. The van der Waals surface area contributed by atoms with Crippen LogP contribution in [0.5, 0.6) is 0 Å². The zero-order valence-electron chi connectivity index (χ0n) is 11.2. The number of carbonyl (C=O) groups is 1. The molecule has 2 aromatic rings. The molecule has 0 aliphatic carbocycles. The first kappa shape index (κ1) is 13.7. The van der Waals surface area contributed by atoms with Gasteiger partial charge in [0.25, 0.3) is 0 Å². The predicted molar refractivity (Wildman–Crippen MR) is 76.7 cm³/mol. The lowest BCUT2D eigenvalue weighted by atomic mass is 10.0. The molecule has 0 radical (unpaired) electrons. The molecule has 6 heteroatoms. The zero-order chi connectivity index (χ0) is 14.0. The van der Waals surface area contributed by atoms with Gasteiger partial charge >= 0.3 is 5.97 Å². The average molecular weight is 279 g/mol. The molecule has 2 heterocycles. The summed E-state index contributed by atoms with van der Waals surface area (Å²) in [5.74, 6) is 0.0564. The third-order valence-electron chi connectivity index (χ3n) is 2.85. The summed E-state index contributed by atoms with van der Waals surface area (Å²) in [6.07, 6.45) is 2.03. The Morgan fingerprint density at radius 1 is 1.47 bits per heavy atom. The van der Waals surface area contributed by atoms with E-state index in [0.29, 0.717) is 18.2 Å². The van der Waals surface area contributed by atoms with Gasteiger partial charge in [-0.1, -0.05) is 13.8 Å². The summed E-state index contributed by atoms with van der Waals surface area (Å²) in [5.41, 5.74) is 1.97. The van der Waals surface area contributed by atoms with Crippen LogP contribution < -0.4 is 5.32 Å². The fourth-order valence-electron chi connectivity index (χ4n) is 1.93. The number of thiophene rings is 1. The van der Waals surface area contributed by atoms with Crippen LogP contribution in [0.25, 0.3) is 10.2 Å². The van der Waals surface area contributed by atoms with E-state index in [2.05, 4.69) is 15.3 Å². The van der Waals surface area contributed by atoms with Gasteiger partial charge in [0.2, 0.25) is 0 Å². The third kappa shape index (κ3) is 3.01. The van der Waals surface area contributed by atoms with Crippen molar-refractivity contribution in [1.82, 2.24) is 9.97 Å². The van der Waals surface area contributed by atoms with Gasteiger partial charge < -0.3 is 10.4 Å². The molecule has 0 saturated heterocycles. The van der Waals surface area contributed by atoms with Crippen LogP contribution in [0.3, 0.4) is 0 Å². The lowest BCUT2D eigenvalue weighted by Crippen LogP contribution is -2.31. The number of nitrogens with one attached hydrogen (secondary N) is 1. The van der Waals surface area contributed by atoms with E-state index in [1.54, 1.807) is 0 Å². The van der Waals surface area contributed by atoms with E-state index in [9.17, 15) is 9.90 Å². The predicted octanol–water partition coefficient (Wildman–Crippen LogP) is 2.91. The molecule has 0 spiro atoms. The summed E-state index contributed by atoms with van der Waals surface area (Å²) in [6.45, 7) is 5.99. The zero-order valence-corrected chi connectivity index (χ0v) is 12.0. The maximum absolute atomic E-state index is 11.3. The van der Waals surface area contributed by atoms with Crippen molar-refractivity contribution < 1.29 is 9.90 Å². The van der Waals surface area contributed by atoms with E-state index >= 15 is 0 Å². The Balaban J connectivity index is 2.31. The fraction of sp³-hybridized carbons (Fsp3) is 0.462. The van der Waals surface area contributed by atoms with Crippen molar-refractivity contribution in [3.63, 3.8) is 0 Å². The van der Waals surface area contributed by atoms with E-state index in [1.807, 2.05) is 26.2 Å². The number of aryl methyl sites for hydroxylation is 1. The maximum Gasteiger partial charge on any atom is 0.326 e. The molecule has 0 saturated carbocycles. The number of rotatable bonds is 5. The molecular formula is C13H17N3O2S. The van der Waals surface area contributed by atoms with Crippen molar-refractivity contribution in [3.8, 4) is 0 Å². The third-order valence-corrected chi connectivity index (χ3v) is 3.94. The van der Waals surface area contributed by atoms with Gasteiger partial charge in [-0.2, -0.15) is 0 Å². The van der Waals surface area contributed by atoms with Gasteiger partial charge in [0, 0.05) is 0 Å². The van der Waals surface area contributed by atoms with Crippen molar-refractivity contribution in [3.05, 3.63) is 17.3 Å². The number of anilines is 1. The van der Waals surface area contributed by atoms with E-state index in [-0.39, 0.29) is 0 Å². The summed E-state index contributed by atoms with van der Waals surface area (Å²) in [7, 11) is 0. The molecular weight excluding hydrogens is 262 g/mol. The average Bonchev–Trinajstić information content (AvgIpc) is 2.71. The minimum atomic E-state index is -0.853. The summed E-state index contributed by atoms with van der Waals surface area (Å²) in [6, 6.07) is -0.625. The van der Waals surface area contributed by atoms with Gasteiger partial charge in [-0.3, -0.25) is 0 Å². The molecule has 2 rings (SSSR count). The van der Waals surface area contributed by atoms with Crippen molar-refractivity contribution in [2.24, 2.45) is 5.92 Å². The number of carboxylic acid groups (broad SMARTS) is 1. The number of aromatic nitrogens is 2. The molecule has 102 valence electrons. The summed E-state index contributed by atoms with van der Waals surface area (Å²) >= 11 is 1.53. The van der Waals surface area contributed by atoms with Gasteiger partial charge in [0.15, 0.2) is 0 Å². The van der Waals surface area contributed by atoms with Crippen LogP contribution in [0, 0.1) is 12.8 Å². The Bertz CT molecular complexity index is 595. The van der Waals surface area contributed by atoms with Gasteiger partial charge in [-0.25, -0.2) is 14.8 Å². The number of nitrogens with zero attached hydrogens (tertiary/aromatic N) is 2. The fourth-order valence-corrected chi connectivity index (χ4v) is 2.88. The molecule has 5 nitrogen and oxygen atoms in total. The normalized spacial score (nSPS) is 12.8. The summed E-state index contributed by atoms with van der Waals surface area (Å²) in [4.78, 5) is 19.7. The first-order valence-corrected chi connectivity index (χ1v) is 7.05. The van der Waals surface area contributed by atoms with Gasteiger partial charge in [0.1, 0.15) is 18.2 Å². The SMILES string of the molecule is Cc1csc2c(N[C@H](CC(C)C)C(=O)O)ncnc12. The van der Waals surface area contributed by atoms with Gasteiger partial charge in [-0.15, -0.1) is 11.3 Å². The smallest absolute Gasteiger partial charge is 0.326 e. The van der Waals surface area contributed by atoms with Gasteiger partial charge in [-0.05, 0) is 30.2 Å². The van der Waals surface area contributed by atoms with Crippen LogP contribution in [0.4, 0.5) is 5.82 Å². The van der Waals surface area contributed by atoms with Crippen LogP contribution in [0.1, 0.15) is 25.8 Å². The monoisotopic (exact) mass is 279 g/mol. The standard InChI is InChI=1S/C13H17N3O2S/c1-7(2)4-9(13(17)18)16-12-11-10(14-6-15-12)8(3)5-19-11/h5-7,9H,4H2,1-3H3,(H,17,18)(H,14,15,16)/t9-/m1/s1. The second kappa shape index (κ2) is 5.52. The topological polar surface area (TPSA) is 75.1 Å². The number of hydrogen-bond donors (Lipinski definition) is 2. The molecule has 2 aromatic heterocycles. The second-order valence-electron chi connectivity index (χ2n) is 4.98. The number of carboxylic acids is 1. The van der Waals surface area contributed by atoms with Crippen LogP contribution in [-0.2, 0) is 4.79 Å². The lowest BCUT2D eigenvalue weighted by molar-refractivity contribution is -0.138. The Kier molecular flexibility index (Phi) is 3.99. The van der Waals surface area contributed by atoms with Crippen molar-refractivity contribution in [1.29, 1.82) is 0 Å². The Morgan fingerprint density at radius 2 is 2.21 bits per heavy atom. The lowest BCUT2D eigenvalue weighted by Gasteiger charge is -2.17. The van der Waals surface area contributed by atoms with Crippen LogP contribution in [0.2, 0.25) is 0 Å². The maximum atomic E-state index is 11.3. The number of fused-ring (bicyclic) bond motifs is 1. The van der Waals surface area contributed by atoms with Crippen LogP contribution in [-0.4, -0.2) is 27.1 Å². The summed E-state index contributed by atoms with van der Waals surface area (Å²) in [5, 5.41) is 14.3. The number of aliphatic carboxylic acids is 1. The number of hydrogen-bond acceptors (Lipinski definition) is 5. The molecule has 0 aromatic carbocycles. The first-order valence-electron chi connectivity index (χ1n) is 6.17. The van der Waals surface area contributed by atoms with Crippen LogP contribution >= 0.6 is 11.3 Å². The summed E-state index contributed by atoms with van der Waals surface area (Å²) < 4.78 is 0.912. The quantitative estimate of drug-likeness (QED) is 0.880. The Morgan fingerprint density at radius 3 is 2.84 bits per heavy atom. The van der Waals surface area contributed by atoms with Crippen molar-refractivity contribution >= 4 is 33.3 Å². The highest BCUT2D eigenvalue weighted by Crippen LogP contribution is 2.29. The molecule has 0 amide bonds. The molecule has 19 heavy (non-hydrogen) atoms. The van der Waals surface area contributed by atoms with E-state index < -0.39 is 12.0 Å². The molecule has 0 fully saturated rings. The van der Waals surface area contributed by atoms with E-state index in [4.69, 9.17) is 0 Å². The molecule has 0 unspecified atom stereocenters. The first-order chi connectivity index (χ1) is 8.99. The second-order valence-corrected chi connectivity index (χ2v) is 5.86. The largest absolute Gasteiger partial charge is 0.480 e. The van der Waals surface area contributed by atoms with Gasteiger partial charge in [0.05, 0.1) is 10.2 Å². The Hall–Kier alpha value is -1.69. The minimum absolute atomic E-state index is 0.302. The highest BCUT2D eigenvalue weighted by atomic mass is 32.1. The molecule has 2 N–H and O–H groups in total. The van der Waals surface area contributed by atoms with Crippen molar-refractivity contribution in [2.75, 3.05) is 5.32 Å². The van der Waals surface area contributed by atoms with Crippen LogP contribution in [0.15, 0.2) is 11.7 Å². The van der Waals surface area contributed by atoms with E-state index in [0.717, 1.165) is 15.8 Å². The highest BCUT2D eigenvalue weighted by molar-refractivity contribution is 7.18.